The minimum atomic E-state index is -0.101. The third-order valence-electron chi connectivity index (χ3n) is 2.89. The van der Waals surface area contributed by atoms with Crippen molar-refractivity contribution in [2.45, 2.75) is 13.3 Å². The van der Waals surface area contributed by atoms with Gasteiger partial charge in [-0.1, -0.05) is 29.0 Å². The first-order valence-corrected chi connectivity index (χ1v) is 8.73. The number of nitrogens with zero attached hydrogens (tertiary/aromatic N) is 1. The lowest BCUT2D eigenvalue weighted by Crippen LogP contribution is -2.13. The van der Waals surface area contributed by atoms with Crippen molar-refractivity contribution in [2.75, 3.05) is 11.9 Å². The third kappa shape index (κ3) is 3.40. The van der Waals surface area contributed by atoms with Crippen molar-refractivity contribution >= 4 is 55.5 Å². The highest BCUT2D eigenvalue weighted by atomic mass is 35.5. The number of carbonyl (C=O) groups excluding carboxylic acids is 1. The predicted octanol–water partition coefficient (Wildman–Crippen LogP) is 4.59. The zero-order valence-corrected chi connectivity index (χ0v) is 14.1. The average Bonchev–Trinajstić information content (AvgIpc) is 3.05. The van der Waals surface area contributed by atoms with Crippen molar-refractivity contribution in [3.05, 3.63) is 39.5 Å². The topological polar surface area (TPSA) is 51.2 Å². The van der Waals surface area contributed by atoms with Gasteiger partial charge in [-0.05, 0) is 31.2 Å². The van der Waals surface area contributed by atoms with E-state index in [0.717, 1.165) is 20.8 Å². The van der Waals surface area contributed by atoms with E-state index in [1.165, 1.54) is 22.7 Å². The Hall–Kier alpha value is -1.63. The predicted molar refractivity (Wildman–Crippen MR) is 92.5 cm³/mol. The van der Waals surface area contributed by atoms with Gasteiger partial charge in [0.2, 0.25) is 5.91 Å². The van der Waals surface area contributed by atoms with Crippen LogP contribution < -0.4 is 10.1 Å². The third-order valence-corrected chi connectivity index (χ3v) is 5.06. The van der Waals surface area contributed by atoms with Gasteiger partial charge in [-0.15, -0.1) is 11.3 Å². The van der Waals surface area contributed by atoms with E-state index in [1.807, 2.05) is 31.2 Å². The van der Waals surface area contributed by atoms with E-state index in [-0.39, 0.29) is 5.91 Å². The van der Waals surface area contributed by atoms with E-state index in [1.54, 1.807) is 6.07 Å². The monoisotopic (exact) mass is 352 g/mol. The number of hydrogen-bond acceptors (Lipinski definition) is 5. The first-order chi connectivity index (χ1) is 10.7. The molecule has 0 saturated heterocycles. The smallest absolute Gasteiger partial charge is 0.231 e. The van der Waals surface area contributed by atoms with E-state index in [0.29, 0.717) is 22.5 Å². The van der Waals surface area contributed by atoms with Crippen LogP contribution in [0.5, 0.6) is 5.75 Å². The van der Waals surface area contributed by atoms with Crippen molar-refractivity contribution in [2.24, 2.45) is 0 Å². The highest BCUT2D eigenvalue weighted by molar-refractivity contribution is 7.22. The maximum absolute atomic E-state index is 12.1. The standard InChI is InChI=1S/C15H13ClN2O2S2/c1-2-20-10-4-3-5-11-14(10)18-15(22-11)17-13(19)8-9-6-7-12(16)21-9/h3-7H,2,8H2,1H3,(H,17,18,19). The number of fused-ring (bicyclic) bond motifs is 1. The van der Waals surface area contributed by atoms with Crippen molar-refractivity contribution < 1.29 is 9.53 Å². The summed E-state index contributed by atoms with van der Waals surface area (Å²) < 4.78 is 7.23. The van der Waals surface area contributed by atoms with E-state index in [4.69, 9.17) is 16.3 Å². The number of hydrogen-bond donors (Lipinski definition) is 1. The van der Waals surface area contributed by atoms with Crippen LogP contribution in [0, 0.1) is 0 Å². The summed E-state index contributed by atoms with van der Waals surface area (Å²) in [5.74, 6) is 0.636. The molecule has 1 N–H and O–H groups in total. The van der Waals surface area contributed by atoms with Crippen LogP contribution in [0.1, 0.15) is 11.8 Å². The van der Waals surface area contributed by atoms with Gasteiger partial charge < -0.3 is 10.1 Å². The number of halogens is 1. The Morgan fingerprint density at radius 2 is 2.18 bits per heavy atom. The molecule has 0 saturated carbocycles. The van der Waals surface area contributed by atoms with Crippen LogP contribution in [0.3, 0.4) is 0 Å². The van der Waals surface area contributed by atoms with Gasteiger partial charge in [-0.3, -0.25) is 4.79 Å². The summed E-state index contributed by atoms with van der Waals surface area (Å²) in [5.41, 5.74) is 0.781. The van der Waals surface area contributed by atoms with Crippen molar-refractivity contribution in [3.63, 3.8) is 0 Å². The molecular formula is C15H13ClN2O2S2. The summed E-state index contributed by atoms with van der Waals surface area (Å²) >= 11 is 8.71. The molecule has 0 spiro atoms. The largest absolute Gasteiger partial charge is 0.492 e. The van der Waals surface area contributed by atoms with Crippen LogP contribution in [0.4, 0.5) is 5.13 Å². The Bertz CT molecular complexity index is 813. The summed E-state index contributed by atoms with van der Waals surface area (Å²) in [4.78, 5) is 17.5. The molecule has 2 aromatic heterocycles. The van der Waals surface area contributed by atoms with Gasteiger partial charge in [0.05, 0.1) is 22.1 Å². The molecule has 0 aliphatic rings. The molecule has 3 aromatic rings. The molecule has 22 heavy (non-hydrogen) atoms. The van der Waals surface area contributed by atoms with Gasteiger partial charge in [0.15, 0.2) is 5.13 Å². The molecule has 3 rings (SSSR count). The molecule has 4 nitrogen and oxygen atoms in total. The van der Waals surface area contributed by atoms with E-state index < -0.39 is 0 Å². The van der Waals surface area contributed by atoms with Gasteiger partial charge in [0.25, 0.3) is 0 Å². The Kier molecular flexibility index (Phi) is 4.61. The van der Waals surface area contributed by atoms with E-state index in [9.17, 15) is 4.79 Å². The van der Waals surface area contributed by atoms with Crippen LogP contribution in [0.25, 0.3) is 10.2 Å². The number of thiazole rings is 1. The molecule has 0 unspecified atom stereocenters. The molecular weight excluding hydrogens is 340 g/mol. The minimum Gasteiger partial charge on any atom is -0.492 e. The fourth-order valence-electron chi connectivity index (χ4n) is 2.02. The molecule has 7 heteroatoms. The van der Waals surface area contributed by atoms with Gasteiger partial charge in [-0.2, -0.15) is 0 Å². The lowest BCUT2D eigenvalue weighted by molar-refractivity contribution is -0.115. The van der Waals surface area contributed by atoms with Gasteiger partial charge in [0, 0.05) is 4.88 Å². The number of para-hydroxylation sites is 1. The molecule has 2 heterocycles. The Morgan fingerprint density at radius 1 is 1.32 bits per heavy atom. The summed E-state index contributed by atoms with van der Waals surface area (Å²) in [5, 5.41) is 3.41. The van der Waals surface area contributed by atoms with E-state index >= 15 is 0 Å². The zero-order valence-electron chi connectivity index (χ0n) is 11.8. The lowest BCUT2D eigenvalue weighted by Gasteiger charge is -2.02. The molecule has 0 radical (unpaired) electrons. The number of aromatic nitrogens is 1. The first-order valence-electron chi connectivity index (χ1n) is 6.72. The summed E-state index contributed by atoms with van der Waals surface area (Å²) in [6, 6.07) is 9.42. The van der Waals surface area contributed by atoms with Crippen LogP contribution in [-0.4, -0.2) is 17.5 Å². The van der Waals surface area contributed by atoms with Gasteiger partial charge >= 0.3 is 0 Å². The maximum atomic E-state index is 12.1. The summed E-state index contributed by atoms with van der Waals surface area (Å²) in [6.45, 7) is 2.51. The van der Waals surface area contributed by atoms with E-state index in [2.05, 4.69) is 10.3 Å². The molecule has 0 bridgehead atoms. The Labute approximate surface area is 140 Å². The van der Waals surface area contributed by atoms with Crippen molar-refractivity contribution in [1.29, 1.82) is 0 Å². The van der Waals surface area contributed by atoms with Crippen molar-refractivity contribution in [1.82, 2.24) is 4.98 Å². The van der Waals surface area contributed by atoms with Crippen LogP contribution >= 0.6 is 34.3 Å². The zero-order chi connectivity index (χ0) is 15.5. The second-order valence-corrected chi connectivity index (χ2v) is 7.32. The second kappa shape index (κ2) is 6.64. The number of anilines is 1. The molecule has 114 valence electrons. The number of nitrogens with one attached hydrogen (secondary N) is 1. The molecule has 0 fully saturated rings. The lowest BCUT2D eigenvalue weighted by atomic mass is 10.3. The molecule has 0 aliphatic carbocycles. The van der Waals surface area contributed by atoms with Crippen LogP contribution in [-0.2, 0) is 11.2 Å². The Morgan fingerprint density at radius 3 is 2.91 bits per heavy atom. The number of thiophene rings is 1. The number of ether oxygens (including phenoxy) is 1. The molecule has 1 amide bonds. The minimum absolute atomic E-state index is 0.101. The summed E-state index contributed by atoms with van der Waals surface area (Å²) in [6.07, 6.45) is 0.297. The first kappa shape index (κ1) is 15.3. The normalized spacial score (nSPS) is 10.8. The molecule has 0 atom stereocenters. The highest BCUT2D eigenvalue weighted by Crippen LogP contribution is 2.32. The quantitative estimate of drug-likeness (QED) is 0.730. The van der Waals surface area contributed by atoms with Crippen LogP contribution in [0.2, 0.25) is 4.34 Å². The number of amides is 1. The molecule has 0 aliphatic heterocycles. The second-order valence-electron chi connectivity index (χ2n) is 4.49. The average molecular weight is 353 g/mol. The number of rotatable bonds is 5. The van der Waals surface area contributed by atoms with Gasteiger partial charge in [0.1, 0.15) is 11.3 Å². The number of benzene rings is 1. The van der Waals surface area contributed by atoms with Crippen LogP contribution in [0.15, 0.2) is 30.3 Å². The highest BCUT2D eigenvalue weighted by Gasteiger charge is 2.12. The summed E-state index contributed by atoms with van der Waals surface area (Å²) in [7, 11) is 0. The SMILES string of the molecule is CCOc1cccc2sc(NC(=O)Cc3ccc(Cl)s3)nc12. The Balaban J connectivity index is 1.76. The molecule has 1 aromatic carbocycles. The fraction of sp³-hybridized carbons (Fsp3) is 0.200. The van der Waals surface area contributed by atoms with Crippen molar-refractivity contribution in [3.8, 4) is 5.75 Å². The number of carbonyl (C=O) groups is 1. The maximum Gasteiger partial charge on any atom is 0.231 e. The van der Waals surface area contributed by atoms with Gasteiger partial charge in [-0.25, -0.2) is 4.98 Å². The fourth-order valence-corrected chi connectivity index (χ4v) is 4.00.